The van der Waals surface area contributed by atoms with Crippen molar-refractivity contribution in [3.8, 4) is 22.6 Å². The van der Waals surface area contributed by atoms with Crippen LogP contribution >= 0.6 is 0 Å². The second-order valence-electron chi connectivity index (χ2n) is 9.44. The van der Waals surface area contributed by atoms with Crippen LogP contribution in [0.2, 0.25) is 0 Å². The standard InChI is InChI=1S/C29H28F2O3/c1-17(32)12-23(18-6-7-18)19-4-3-5-22(13-19)34-29-11-8-20-14-25(28(31)16-24(20)29)26-15-21(33-2)9-10-27(26)30/h3-5,9-10,13-16,18,23,29H,6-8,11-12H2,1-2H3/t23-,29+/m0/s1. The van der Waals surface area contributed by atoms with Crippen molar-refractivity contribution in [3.63, 3.8) is 0 Å². The van der Waals surface area contributed by atoms with E-state index in [9.17, 15) is 9.18 Å². The molecule has 1 fully saturated rings. The first-order valence-electron chi connectivity index (χ1n) is 11.8. The van der Waals surface area contributed by atoms with Crippen LogP contribution in [-0.4, -0.2) is 12.9 Å². The van der Waals surface area contributed by atoms with E-state index in [-0.39, 0.29) is 28.9 Å². The van der Waals surface area contributed by atoms with Crippen LogP contribution in [0.1, 0.15) is 61.3 Å². The van der Waals surface area contributed by atoms with E-state index in [0.29, 0.717) is 18.1 Å². The van der Waals surface area contributed by atoms with Gasteiger partial charge in [0.15, 0.2) is 0 Å². The third kappa shape index (κ3) is 4.56. The minimum absolute atomic E-state index is 0.188. The number of benzene rings is 3. The molecule has 0 bridgehead atoms. The molecule has 5 rings (SSSR count). The number of hydrogen-bond acceptors (Lipinski definition) is 3. The highest BCUT2D eigenvalue weighted by Crippen LogP contribution is 2.46. The lowest BCUT2D eigenvalue weighted by atomic mass is 9.89. The Bertz CT molecular complexity index is 1230. The van der Waals surface area contributed by atoms with Crippen molar-refractivity contribution in [1.29, 1.82) is 0 Å². The number of carbonyl (C=O) groups is 1. The molecule has 0 heterocycles. The monoisotopic (exact) mass is 462 g/mol. The second kappa shape index (κ2) is 9.21. The summed E-state index contributed by atoms with van der Waals surface area (Å²) in [6.07, 6.45) is 4.06. The molecule has 3 aromatic rings. The fourth-order valence-corrected chi connectivity index (χ4v) is 5.11. The largest absolute Gasteiger partial charge is 0.497 e. The average molecular weight is 463 g/mol. The van der Waals surface area contributed by atoms with Gasteiger partial charge in [-0.3, -0.25) is 0 Å². The van der Waals surface area contributed by atoms with Gasteiger partial charge in [-0.25, -0.2) is 8.78 Å². The molecule has 0 aliphatic heterocycles. The molecule has 2 aliphatic rings. The summed E-state index contributed by atoms with van der Waals surface area (Å²) in [5.74, 6) is 1.24. The minimum atomic E-state index is -0.488. The fourth-order valence-electron chi connectivity index (χ4n) is 5.11. The van der Waals surface area contributed by atoms with Crippen LogP contribution in [0.3, 0.4) is 0 Å². The van der Waals surface area contributed by atoms with Crippen LogP contribution < -0.4 is 9.47 Å². The van der Waals surface area contributed by atoms with E-state index in [1.54, 1.807) is 13.0 Å². The molecule has 1 saturated carbocycles. The molecule has 2 atom stereocenters. The molecule has 0 saturated heterocycles. The van der Waals surface area contributed by atoms with Crippen molar-refractivity contribution in [2.45, 2.75) is 51.0 Å². The lowest BCUT2D eigenvalue weighted by Gasteiger charge is -2.19. The van der Waals surface area contributed by atoms with Gasteiger partial charge in [0.25, 0.3) is 0 Å². The molecule has 0 spiro atoms. The molecule has 3 nitrogen and oxygen atoms in total. The number of ketones is 1. The topological polar surface area (TPSA) is 35.5 Å². The van der Waals surface area contributed by atoms with Crippen LogP contribution in [0.15, 0.2) is 54.6 Å². The number of fused-ring (bicyclic) bond motifs is 1. The maximum Gasteiger partial charge on any atom is 0.131 e. The predicted molar refractivity (Wildman–Crippen MR) is 127 cm³/mol. The molecule has 176 valence electrons. The van der Waals surface area contributed by atoms with Crippen molar-refractivity contribution in [2.75, 3.05) is 7.11 Å². The number of ether oxygens (including phenoxy) is 2. The second-order valence-corrected chi connectivity index (χ2v) is 9.44. The highest BCUT2D eigenvalue weighted by Gasteiger charge is 2.33. The molecule has 34 heavy (non-hydrogen) atoms. The summed E-state index contributed by atoms with van der Waals surface area (Å²) in [6, 6.07) is 15.5. The maximum atomic E-state index is 15.2. The van der Waals surface area contributed by atoms with Crippen LogP contribution in [0.4, 0.5) is 8.78 Å². The number of Topliss-reactive ketones (excluding diaryl/α,β-unsaturated/α-hetero) is 1. The summed E-state index contributed by atoms with van der Waals surface area (Å²) >= 11 is 0. The van der Waals surface area contributed by atoms with Gasteiger partial charge in [-0.05, 0) is 104 Å². The summed E-state index contributed by atoms with van der Waals surface area (Å²) in [4.78, 5) is 11.8. The Morgan fingerprint density at radius 1 is 0.971 bits per heavy atom. The zero-order valence-corrected chi connectivity index (χ0v) is 19.4. The molecular formula is C29H28F2O3. The number of methoxy groups -OCH3 is 1. The van der Waals surface area contributed by atoms with Crippen LogP contribution in [0.25, 0.3) is 11.1 Å². The number of rotatable bonds is 8. The van der Waals surface area contributed by atoms with Gasteiger partial charge in [0.2, 0.25) is 0 Å². The molecule has 3 aromatic carbocycles. The van der Waals surface area contributed by atoms with Crippen molar-refractivity contribution in [1.82, 2.24) is 0 Å². The Labute approximate surface area is 198 Å². The molecule has 0 unspecified atom stereocenters. The highest BCUT2D eigenvalue weighted by molar-refractivity contribution is 5.76. The summed E-state index contributed by atoms with van der Waals surface area (Å²) < 4.78 is 41.1. The van der Waals surface area contributed by atoms with Crippen LogP contribution in [0, 0.1) is 17.6 Å². The average Bonchev–Trinajstić information content (AvgIpc) is 3.60. The van der Waals surface area contributed by atoms with Gasteiger partial charge < -0.3 is 14.3 Å². The van der Waals surface area contributed by atoms with E-state index in [4.69, 9.17) is 9.47 Å². The summed E-state index contributed by atoms with van der Waals surface area (Å²) in [7, 11) is 1.50. The molecule has 2 aliphatic carbocycles. The quantitative estimate of drug-likeness (QED) is 0.356. The predicted octanol–water partition coefficient (Wildman–Crippen LogP) is 7.18. The zero-order valence-electron chi connectivity index (χ0n) is 19.4. The number of aryl methyl sites for hydroxylation is 1. The number of halogens is 2. The van der Waals surface area contributed by atoms with Gasteiger partial charge in [0, 0.05) is 17.5 Å². The minimum Gasteiger partial charge on any atom is -0.497 e. The summed E-state index contributed by atoms with van der Waals surface area (Å²) in [5.41, 5.74) is 3.32. The third-order valence-corrected chi connectivity index (χ3v) is 6.98. The molecule has 5 heteroatoms. The van der Waals surface area contributed by atoms with Gasteiger partial charge >= 0.3 is 0 Å². The van der Waals surface area contributed by atoms with E-state index in [1.165, 1.54) is 31.4 Å². The fraction of sp³-hybridized carbons (Fsp3) is 0.345. The van der Waals surface area contributed by atoms with E-state index in [1.807, 2.05) is 18.2 Å². The van der Waals surface area contributed by atoms with Gasteiger partial charge in [-0.15, -0.1) is 0 Å². The Hall–Kier alpha value is -3.21. The van der Waals surface area contributed by atoms with Crippen molar-refractivity contribution in [3.05, 3.63) is 82.9 Å². The highest BCUT2D eigenvalue weighted by atomic mass is 19.1. The molecule has 0 radical (unpaired) electrons. The van der Waals surface area contributed by atoms with Gasteiger partial charge in [0.05, 0.1) is 7.11 Å². The lowest BCUT2D eigenvalue weighted by Crippen LogP contribution is -2.08. The maximum absolute atomic E-state index is 15.2. The molecule has 0 N–H and O–H groups in total. The summed E-state index contributed by atoms with van der Waals surface area (Å²) in [5, 5.41) is 0. The van der Waals surface area contributed by atoms with Gasteiger partial charge in [0.1, 0.15) is 35.0 Å². The van der Waals surface area contributed by atoms with E-state index in [0.717, 1.165) is 48.1 Å². The van der Waals surface area contributed by atoms with Gasteiger partial charge in [-0.1, -0.05) is 12.1 Å². The Balaban J connectivity index is 1.40. The van der Waals surface area contributed by atoms with Crippen molar-refractivity contribution >= 4 is 5.78 Å². The van der Waals surface area contributed by atoms with Crippen LogP contribution in [0.5, 0.6) is 11.5 Å². The molecule has 0 aromatic heterocycles. The lowest BCUT2D eigenvalue weighted by molar-refractivity contribution is -0.117. The zero-order chi connectivity index (χ0) is 23.8. The Morgan fingerprint density at radius 2 is 1.76 bits per heavy atom. The van der Waals surface area contributed by atoms with E-state index in [2.05, 4.69) is 6.07 Å². The Morgan fingerprint density at radius 3 is 2.50 bits per heavy atom. The normalized spacial score (nSPS) is 17.8. The van der Waals surface area contributed by atoms with Crippen LogP contribution in [-0.2, 0) is 11.2 Å². The van der Waals surface area contributed by atoms with E-state index < -0.39 is 11.6 Å². The van der Waals surface area contributed by atoms with Crippen molar-refractivity contribution in [2.24, 2.45) is 5.92 Å². The first kappa shape index (κ1) is 22.6. The van der Waals surface area contributed by atoms with E-state index >= 15 is 4.39 Å². The number of carbonyl (C=O) groups excluding carboxylic acids is 1. The third-order valence-electron chi connectivity index (χ3n) is 6.98. The molecular weight excluding hydrogens is 434 g/mol. The van der Waals surface area contributed by atoms with Gasteiger partial charge in [-0.2, -0.15) is 0 Å². The smallest absolute Gasteiger partial charge is 0.131 e. The first-order chi connectivity index (χ1) is 16.4. The first-order valence-corrected chi connectivity index (χ1v) is 11.8. The number of hydrogen-bond donors (Lipinski definition) is 0. The Kier molecular flexibility index (Phi) is 6.11. The van der Waals surface area contributed by atoms with Crippen molar-refractivity contribution < 1.29 is 23.0 Å². The summed E-state index contributed by atoms with van der Waals surface area (Å²) in [6.45, 7) is 1.64. The molecule has 0 amide bonds. The SMILES string of the molecule is COc1ccc(F)c(-c2cc3c(cc2F)[C@H](Oc2cccc([C@@H](CC(C)=O)C4CC4)c2)CC3)c1.